The van der Waals surface area contributed by atoms with Crippen molar-refractivity contribution >= 4 is 23.2 Å². The fourth-order valence-electron chi connectivity index (χ4n) is 3.13. The van der Waals surface area contributed by atoms with Crippen LogP contribution in [0.2, 0.25) is 0 Å². The van der Waals surface area contributed by atoms with Gasteiger partial charge in [-0.05, 0) is 56.2 Å². The molecule has 0 unspecified atom stereocenters. The van der Waals surface area contributed by atoms with E-state index in [1.807, 2.05) is 54.3 Å². The van der Waals surface area contributed by atoms with Crippen molar-refractivity contribution in [3.05, 3.63) is 60.2 Å². The van der Waals surface area contributed by atoms with Gasteiger partial charge in [-0.1, -0.05) is 32.0 Å². The summed E-state index contributed by atoms with van der Waals surface area (Å²) in [5.74, 6) is 0.0680. The van der Waals surface area contributed by atoms with E-state index in [9.17, 15) is 9.59 Å². The molecule has 28 heavy (non-hydrogen) atoms. The van der Waals surface area contributed by atoms with Crippen molar-refractivity contribution in [3.63, 3.8) is 0 Å². The van der Waals surface area contributed by atoms with Crippen LogP contribution >= 0.6 is 0 Å². The number of carbonyl (C=O) groups excluding carboxylic acids is 2. The van der Waals surface area contributed by atoms with Crippen molar-refractivity contribution in [2.24, 2.45) is 0 Å². The molecule has 0 heterocycles. The monoisotopic (exact) mass is 381 g/mol. The lowest BCUT2D eigenvalue weighted by molar-refractivity contribution is -0.129. The quantitative estimate of drug-likeness (QED) is 0.663. The zero-order valence-electron chi connectivity index (χ0n) is 17.1. The molecule has 0 aromatic heterocycles. The van der Waals surface area contributed by atoms with Crippen LogP contribution in [0.15, 0.2) is 54.6 Å². The molecule has 2 amide bonds. The second kappa shape index (κ2) is 11.1. The molecule has 0 aliphatic heterocycles. The summed E-state index contributed by atoms with van der Waals surface area (Å²) in [5.41, 5.74) is 2.34. The average Bonchev–Trinajstić information content (AvgIpc) is 2.73. The van der Waals surface area contributed by atoms with Gasteiger partial charge in [-0.15, -0.1) is 0 Å². The molecule has 2 rings (SSSR count). The number of hydrogen-bond acceptors (Lipinski definition) is 3. The number of anilines is 2. The minimum atomic E-state index is -0.0339. The molecule has 0 bridgehead atoms. The maximum Gasteiger partial charge on any atom is 0.258 e. The topological polar surface area (TPSA) is 52.7 Å². The number of carbonyl (C=O) groups is 2. The maximum absolute atomic E-state index is 12.8. The van der Waals surface area contributed by atoms with E-state index in [2.05, 4.69) is 19.2 Å². The summed E-state index contributed by atoms with van der Waals surface area (Å²) in [4.78, 5) is 28.8. The lowest BCUT2D eigenvalue weighted by atomic mass is 10.1. The normalized spacial score (nSPS) is 10.4. The van der Waals surface area contributed by atoms with Gasteiger partial charge in [0.05, 0.1) is 6.54 Å². The van der Waals surface area contributed by atoms with Crippen LogP contribution in [-0.2, 0) is 4.79 Å². The molecule has 0 fully saturated rings. The zero-order valence-corrected chi connectivity index (χ0v) is 17.1. The molecular weight excluding hydrogens is 350 g/mol. The van der Waals surface area contributed by atoms with Gasteiger partial charge in [0.2, 0.25) is 5.91 Å². The third-order valence-electron chi connectivity index (χ3n) is 4.54. The van der Waals surface area contributed by atoms with Gasteiger partial charge in [0, 0.05) is 36.6 Å². The SMILES string of the molecule is CCCN(CCC)C(=O)CNc1ccc(C(=O)N(CC)c2ccccc2)cc1. The predicted molar refractivity (Wildman–Crippen MR) is 116 cm³/mol. The Kier molecular flexibility index (Phi) is 8.53. The summed E-state index contributed by atoms with van der Waals surface area (Å²) in [5, 5.41) is 3.17. The number of amides is 2. The fraction of sp³-hybridized carbons (Fsp3) is 0.391. The summed E-state index contributed by atoms with van der Waals surface area (Å²) in [6, 6.07) is 17.0. The molecule has 2 aromatic carbocycles. The number of benzene rings is 2. The van der Waals surface area contributed by atoms with E-state index in [1.165, 1.54) is 0 Å². The van der Waals surface area contributed by atoms with Crippen molar-refractivity contribution < 1.29 is 9.59 Å². The zero-order chi connectivity index (χ0) is 20.4. The Balaban J connectivity index is 1.99. The van der Waals surface area contributed by atoms with E-state index in [-0.39, 0.29) is 18.4 Å². The van der Waals surface area contributed by atoms with Crippen LogP contribution in [0.25, 0.3) is 0 Å². The molecule has 5 nitrogen and oxygen atoms in total. The van der Waals surface area contributed by atoms with E-state index in [0.29, 0.717) is 12.1 Å². The van der Waals surface area contributed by atoms with Gasteiger partial charge < -0.3 is 15.1 Å². The van der Waals surface area contributed by atoms with Gasteiger partial charge in [-0.25, -0.2) is 0 Å². The van der Waals surface area contributed by atoms with Gasteiger partial charge in [0.15, 0.2) is 0 Å². The molecule has 5 heteroatoms. The van der Waals surface area contributed by atoms with Crippen LogP contribution < -0.4 is 10.2 Å². The van der Waals surface area contributed by atoms with E-state index < -0.39 is 0 Å². The first-order chi connectivity index (χ1) is 13.6. The highest BCUT2D eigenvalue weighted by atomic mass is 16.2. The summed E-state index contributed by atoms with van der Waals surface area (Å²) in [6.45, 7) is 8.55. The van der Waals surface area contributed by atoms with Crippen molar-refractivity contribution in [1.82, 2.24) is 4.90 Å². The molecule has 150 valence electrons. The average molecular weight is 382 g/mol. The second-order valence-corrected chi connectivity index (χ2v) is 6.70. The Hall–Kier alpha value is -2.82. The largest absolute Gasteiger partial charge is 0.376 e. The second-order valence-electron chi connectivity index (χ2n) is 6.70. The van der Waals surface area contributed by atoms with Crippen LogP contribution in [0.5, 0.6) is 0 Å². The van der Waals surface area contributed by atoms with E-state index >= 15 is 0 Å². The molecule has 0 atom stereocenters. The van der Waals surface area contributed by atoms with Crippen molar-refractivity contribution in [1.29, 1.82) is 0 Å². The van der Waals surface area contributed by atoms with Gasteiger partial charge in [0.1, 0.15) is 0 Å². The third kappa shape index (κ3) is 5.84. The Labute approximate surface area is 168 Å². The highest BCUT2D eigenvalue weighted by Gasteiger charge is 2.16. The molecule has 1 N–H and O–H groups in total. The minimum Gasteiger partial charge on any atom is -0.376 e. The van der Waals surface area contributed by atoms with Crippen LogP contribution in [-0.4, -0.2) is 42.9 Å². The number of hydrogen-bond donors (Lipinski definition) is 1. The Morgan fingerprint density at radius 2 is 1.46 bits per heavy atom. The predicted octanol–water partition coefficient (Wildman–Crippen LogP) is 4.41. The molecular formula is C23H31N3O2. The van der Waals surface area contributed by atoms with Gasteiger partial charge in [-0.3, -0.25) is 9.59 Å². The smallest absolute Gasteiger partial charge is 0.258 e. The number of nitrogens with one attached hydrogen (secondary N) is 1. The van der Waals surface area contributed by atoms with Crippen molar-refractivity contribution in [2.45, 2.75) is 33.6 Å². The van der Waals surface area contributed by atoms with Crippen molar-refractivity contribution in [2.75, 3.05) is 36.4 Å². The maximum atomic E-state index is 12.8. The van der Waals surface area contributed by atoms with E-state index in [4.69, 9.17) is 0 Å². The summed E-state index contributed by atoms with van der Waals surface area (Å²) in [6.07, 6.45) is 1.91. The number of para-hydroxylation sites is 1. The lowest BCUT2D eigenvalue weighted by Gasteiger charge is -2.22. The Bertz CT molecular complexity index is 738. The molecule has 0 saturated carbocycles. The highest BCUT2D eigenvalue weighted by molar-refractivity contribution is 6.06. The molecule has 2 aromatic rings. The number of rotatable bonds is 10. The van der Waals surface area contributed by atoms with Crippen LogP contribution in [0.1, 0.15) is 44.0 Å². The Morgan fingerprint density at radius 1 is 0.857 bits per heavy atom. The van der Waals surface area contributed by atoms with Crippen molar-refractivity contribution in [3.8, 4) is 0 Å². The lowest BCUT2D eigenvalue weighted by Crippen LogP contribution is -2.36. The van der Waals surface area contributed by atoms with Gasteiger partial charge >= 0.3 is 0 Å². The first-order valence-corrected chi connectivity index (χ1v) is 10.1. The first-order valence-electron chi connectivity index (χ1n) is 10.1. The number of nitrogens with zero attached hydrogens (tertiary/aromatic N) is 2. The van der Waals surface area contributed by atoms with E-state index in [1.54, 1.807) is 17.0 Å². The summed E-state index contributed by atoms with van der Waals surface area (Å²) in [7, 11) is 0. The minimum absolute atomic E-state index is 0.0339. The first kappa shape index (κ1) is 21.5. The molecule has 0 spiro atoms. The Morgan fingerprint density at radius 3 is 2.00 bits per heavy atom. The van der Waals surface area contributed by atoms with E-state index in [0.717, 1.165) is 37.3 Å². The van der Waals surface area contributed by atoms with Gasteiger partial charge in [-0.2, -0.15) is 0 Å². The molecule has 0 aliphatic rings. The molecule has 0 aliphatic carbocycles. The third-order valence-corrected chi connectivity index (χ3v) is 4.54. The highest BCUT2D eigenvalue weighted by Crippen LogP contribution is 2.18. The molecule has 0 saturated heterocycles. The van der Waals surface area contributed by atoms with Crippen LogP contribution in [0, 0.1) is 0 Å². The summed E-state index contributed by atoms with van der Waals surface area (Å²) >= 11 is 0. The molecule has 0 radical (unpaired) electrons. The van der Waals surface area contributed by atoms with Crippen LogP contribution in [0.4, 0.5) is 11.4 Å². The standard InChI is InChI=1S/C23H31N3O2/c1-4-16-25(17-5-2)22(27)18-24-20-14-12-19(13-15-20)23(28)26(6-3)21-10-8-7-9-11-21/h7-15,24H,4-6,16-18H2,1-3H3. The van der Waals surface area contributed by atoms with Crippen LogP contribution in [0.3, 0.4) is 0 Å². The fourth-order valence-corrected chi connectivity index (χ4v) is 3.13. The van der Waals surface area contributed by atoms with Gasteiger partial charge in [0.25, 0.3) is 5.91 Å². The summed E-state index contributed by atoms with van der Waals surface area (Å²) < 4.78 is 0.